The molecular weight excluding hydrogens is 1780 g/mol. The third-order valence-electron chi connectivity index (χ3n) is 20.3. The predicted molar refractivity (Wildman–Crippen MR) is 476 cm³/mol. The minimum absolute atomic E-state index is 0.140. The molecule has 0 radical (unpaired) electrons. The number of benzene rings is 4. The van der Waals surface area contributed by atoms with Gasteiger partial charge in [0.05, 0.1) is 70.8 Å². The van der Waals surface area contributed by atoms with Crippen molar-refractivity contribution in [2.24, 2.45) is 17.5 Å². The molecule has 4 aromatic carbocycles. The van der Waals surface area contributed by atoms with E-state index in [2.05, 4.69) is 89.7 Å². The fourth-order valence-corrected chi connectivity index (χ4v) is 25.7. The Bertz CT molecular complexity index is 6670. The highest BCUT2D eigenvalue weighted by Crippen LogP contribution is 2.44. The lowest BCUT2D eigenvalue weighted by atomic mass is 9.94. The van der Waals surface area contributed by atoms with Gasteiger partial charge in [-0.05, 0) is 200 Å². The maximum atomic E-state index is 14.5. The minimum atomic E-state index is -3.45. The number of pyridine rings is 4. The Kier molecular flexibility index (Phi) is 25.2. The van der Waals surface area contributed by atoms with Gasteiger partial charge in [0.2, 0.25) is 23.5 Å². The van der Waals surface area contributed by atoms with Gasteiger partial charge in [0.15, 0.2) is 39.7 Å². The molecule has 12 heterocycles. The first kappa shape index (κ1) is 87.8. The lowest BCUT2D eigenvalue weighted by Gasteiger charge is -2.19. The fraction of sp³-hybridized carbons (Fsp3) is 0.190. The number of aromatic nitrogens is 4. The number of halogens is 2. The standard InChI is InChI=1S/2C21H19FN4O4S2.2C21H18N4O4S2/c2*1-11(2)14-9-13(22)10-15(12-4-6-23-17(8-12)30-3)18(14)24-21(28)26-32(29)16-5-7-31-19(16)20(27)25-32;2*1-29-17-11-13(7-9-22-17)15-6-5-12-3-2-4-14(12)18(15)23-21(27)25-31(28)16-8-10-30-19(16)20(26)24-31/h2*4-11H,1-3H3,(H2,24,25,26,27,28,29);2*5-11H,2-4H2,1H3,(H2,23,24,25,26,27,28). The van der Waals surface area contributed by atoms with E-state index in [1.807, 2.05) is 52.0 Å². The fourth-order valence-electron chi connectivity index (χ4n) is 14.6. The van der Waals surface area contributed by atoms with Crippen LogP contribution in [0.3, 0.4) is 0 Å². The van der Waals surface area contributed by atoms with Crippen molar-refractivity contribution in [3.63, 3.8) is 0 Å². The lowest BCUT2D eigenvalue weighted by molar-refractivity contribution is 0.100. The molecule has 0 saturated carbocycles. The van der Waals surface area contributed by atoms with Crippen LogP contribution in [0.2, 0.25) is 0 Å². The zero-order chi connectivity index (χ0) is 89.3. The van der Waals surface area contributed by atoms with Crippen LogP contribution in [0.25, 0.3) is 44.5 Å². The first-order valence-corrected chi connectivity index (χ1v) is 47.9. The number of aryl methyl sites for hydroxylation is 2. The molecule has 4 atom stereocenters. The normalized spacial score (nSPS) is 17.9. The summed E-state index contributed by atoms with van der Waals surface area (Å²) in [6, 6.07) is 30.2. The molecule has 2 aliphatic carbocycles. The smallest absolute Gasteiger partial charge is 0.331 e. The van der Waals surface area contributed by atoms with E-state index >= 15 is 0 Å². The van der Waals surface area contributed by atoms with Crippen LogP contribution in [0.5, 0.6) is 23.5 Å². The number of rotatable bonds is 18. The number of hydrogen-bond donors (Lipinski definition) is 8. The van der Waals surface area contributed by atoms with Crippen LogP contribution in [0.4, 0.5) is 50.7 Å². The van der Waals surface area contributed by atoms with Crippen LogP contribution < -0.4 is 59.1 Å². The molecule has 0 spiro atoms. The van der Waals surface area contributed by atoms with E-state index in [-0.39, 0.29) is 41.2 Å². The van der Waals surface area contributed by atoms with Crippen molar-refractivity contribution in [2.45, 2.75) is 97.6 Å². The average Bonchev–Trinajstić information content (AvgIpc) is 1.60. The highest BCUT2D eigenvalue weighted by molar-refractivity contribution is 7.94. The molecule has 12 amide bonds. The summed E-state index contributed by atoms with van der Waals surface area (Å²) >= 11 is 4.54. The Morgan fingerprint density at radius 3 is 0.897 bits per heavy atom. The van der Waals surface area contributed by atoms with Gasteiger partial charge < -0.3 is 40.2 Å². The second kappa shape index (κ2) is 36.2. The molecule has 8 aromatic heterocycles. The van der Waals surface area contributed by atoms with E-state index in [9.17, 15) is 64.0 Å². The Morgan fingerprint density at radius 2 is 0.627 bits per heavy atom. The molecule has 32 nitrogen and oxygen atoms in total. The van der Waals surface area contributed by atoms with Crippen LogP contribution in [0, 0.1) is 11.6 Å². The van der Waals surface area contributed by atoms with Crippen molar-refractivity contribution in [1.82, 2.24) is 38.8 Å². The number of ether oxygens (including phenoxy) is 4. The van der Waals surface area contributed by atoms with Gasteiger partial charge in [0, 0.05) is 71.3 Å². The molecule has 0 bridgehead atoms. The Labute approximate surface area is 736 Å². The van der Waals surface area contributed by atoms with Crippen molar-refractivity contribution < 1.29 is 82.9 Å². The number of urea groups is 4. The molecule has 18 rings (SSSR count). The first-order valence-electron chi connectivity index (χ1n) is 38.3. The Hall–Kier alpha value is -13.1. The number of hydrogen-bond acceptors (Lipinski definition) is 24. The van der Waals surface area contributed by atoms with Gasteiger partial charge in [-0.25, -0.2) is 83.6 Å². The molecule has 4 aliphatic heterocycles. The summed E-state index contributed by atoms with van der Waals surface area (Å²) in [5, 5.41) is 17.7. The van der Waals surface area contributed by atoms with E-state index in [1.165, 1.54) is 74.1 Å². The predicted octanol–water partition coefficient (Wildman–Crippen LogP) is 17.6. The highest BCUT2D eigenvalue weighted by atomic mass is 32.2. The van der Waals surface area contributed by atoms with Crippen LogP contribution in [0.15, 0.2) is 205 Å². The van der Waals surface area contributed by atoms with Crippen molar-refractivity contribution in [2.75, 3.05) is 49.7 Å². The van der Waals surface area contributed by atoms with Gasteiger partial charge in [0.1, 0.15) is 31.1 Å². The monoisotopic (exact) mass is 1860 g/mol. The molecular formula is C84H74F2N16O16S8. The molecule has 0 fully saturated rings. The maximum Gasteiger partial charge on any atom is 0.331 e. The second-order valence-electron chi connectivity index (χ2n) is 28.8. The molecule has 648 valence electrons. The zero-order valence-electron chi connectivity index (χ0n) is 67.7. The zero-order valence-corrected chi connectivity index (χ0v) is 74.2. The van der Waals surface area contributed by atoms with Crippen molar-refractivity contribution in [3.05, 3.63) is 232 Å². The summed E-state index contributed by atoms with van der Waals surface area (Å²) in [6.45, 7) is 7.44. The summed E-state index contributed by atoms with van der Waals surface area (Å²) in [5.41, 5.74) is 12.7. The Morgan fingerprint density at radius 1 is 0.357 bits per heavy atom. The number of nitrogens with zero attached hydrogens (tertiary/aromatic N) is 8. The van der Waals surface area contributed by atoms with Gasteiger partial charge in [-0.3, -0.25) is 19.2 Å². The number of fused-ring (bicyclic) bond motifs is 6. The van der Waals surface area contributed by atoms with Crippen molar-refractivity contribution in [3.8, 4) is 68.0 Å². The molecule has 126 heavy (non-hydrogen) atoms. The number of thiophene rings is 4. The summed E-state index contributed by atoms with van der Waals surface area (Å²) < 4.78 is 127. The summed E-state index contributed by atoms with van der Waals surface area (Å²) in [7, 11) is -7.57. The van der Waals surface area contributed by atoms with E-state index in [1.54, 1.807) is 96.7 Å². The molecule has 12 aromatic rings. The summed E-state index contributed by atoms with van der Waals surface area (Å²) in [5.74, 6) is -2.06. The van der Waals surface area contributed by atoms with E-state index < -0.39 is 99.0 Å². The topological polar surface area (TPSA) is 439 Å². The number of anilines is 4. The molecule has 6 aliphatic rings. The molecule has 42 heteroatoms. The number of carbonyl (C=O) groups is 8. The number of amides is 12. The van der Waals surface area contributed by atoms with Crippen LogP contribution >= 0.6 is 45.3 Å². The van der Waals surface area contributed by atoms with Crippen molar-refractivity contribution >= 4 is 156 Å². The number of carbonyl (C=O) groups excluding carboxylic acids is 8. The largest absolute Gasteiger partial charge is 0.481 e. The van der Waals surface area contributed by atoms with Gasteiger partial charge in [-0.2, -0.15) is 0 Å². The average molecular weight is 1860 g/mol. The SMILES string of the molecule is COc1cc(-c2cc(F)cc(C(C)C)c2NC(=O)NS2(=O)=NC(=O)c3sccc32)ccn1.COc1cc(-c2cc(F)cc(C(C)C)c2NC(=O)NS2(=O)=NC(=O)c3sccc32)ccn1.COc1cc(-c2ccc3c(c2NC(=O)NS2(=O)=NC(=O)c4sccc42)CCC3)ccn1.COc1cc(-c2ccc3c(c2NC(=O)NS2(=O)=NC(=O)c4sccc42)CCC3)ccn1. The molecule has 8 N–H and O–H groups in total. The van der Waals surface area contributed by atoms with E-state index in [0.717, 1.165) is 117 Å². The lowest BCUT2D eigenvalue weighted by Crippen LogP contribution is -2.34. The van der Waals surface area contributed by atoms with Gasteiger partial charge in [0.25, 0.3) is 23.6 Å². The quantitative estimate of drug-likeness (QED) is 0.0395. The highest BCUT2D eigenvalue weighted by Gasteiger charge is 2.38. The second-order valence-corrected chi connectivity index (χ2v) is 40.0. The van der Waals surface area contributed by atoms with Gasteiger partial charge in [-0.1, -0.05) is 52.0 Å². The van der Waals surface area contributed by atoms with Crippen molar-refractivity contribution in [1.29, 1.82) is 0 Å². The summed E-state index contributed by atoms with van der Waals surface area (Å²) in [6.07, 6.45) is 11.8. The van der Waals surface area contributed by atoms with Crippen LogP contribution in [-0.2, 0) is 65.3 Å². The van der Waals surface area contributed by atoms with Gasteiger partial charge >= 0.3 is 24.1 Å². The van der Waals surface area contributed by atoms with Crippen LogP contribution in [-0.4, -0.2) is 113 Å². The molecule has 4 unspecified atom stereocenters. The first-order chi connectivity index (χ1) is 60.4. The van der Waals surface area contributed by atoms with E-state index in [4.69, 9.17) is 18.9 Å². The van der Waals surface area contributed by atoms with Crippen LogP contribution in [0.1, 0.15) is 124 Å². The number of nitrogens with one attached hydrogen (secondary N) is 8. The summed E-state index contributed by atoms with van der Waals surface area (Å²) in [4.78, 5) is 118. The van der Waals surface area contributed by atoms with E-state index in [0.29, 0.717) is 89.4 Å². The third-order valence-corrected chi connectivity index (χ3v) is 31.7. The third kappa shape index (κ3) is 18.0. The molecule has 0 saturated heterocycles. The minimum Gasteiger partial charge on any atom is -0.481 e. The maximum absolute atomic E-state index is 14.5. The number of methoxy groups -OCH3 is 4. The Balaban J connectivity index is 0.000000130. The van der Waals surface area contributed by atoms with Gasteiger partial charge in [-0.15, -0.1) is 62.8 Å².